The maximum atomic E-state index is 14.0. The minimum Gasteiger partial charge on any atom is -0.618 e. The highest BCUT2D eigenvalue weighted by Crippen LogP contribution is 2.36. The van der Waals surface area contributed by atoms with Gasteiger partial charge >= 0.3 is 0 Å². The molecule has 0 unspecified atom stereocenters. The molecule has 0 saturated carbocycles. The standard InChI is InChI=1S/C50H56N2O2/c1-47(2,3)33-16-20-43-39(27-33)37(40-28-34(48(4,5)6)17-21-44(40)51(43)53)25-31-14-13-15-32(24-31)26-38-41-29-35(49(7,8)9)18-22-45(41)52(54)46-23-19-36(30-42(38)46)50(10,11)12/h13-24,27-30H,25-26H2,1-12H3. The van der Waals surface area contributed by atoms with Crippen LogP contribution in [0, 0.1) is 10.4 Å². The Kier molecular flexibility index (Phi) is 8.87. The maximum Gasteiger partial charge on any atom is 0.224 e. The minimum atomic E-state index is -0.0650. The smallest absolute Gasteiger partial charge is 0.224 e. The Morgan fingerprint density at radius 3 is 0.870 bits per heavy atom. The van der Waals surface area contributed by atoms with E-state index in [1.54, 1.807) is 0 Å². The number of hydrogen-bond donors (Lipinski definition) is 0. The second-order valence-corrected chi connectivity index (χ2v) is 19.6. The van der Waals surface area contributed by atoms with Crippen LogP contribution in [-0.2, 0) is 34.5 Å². The van der Waals surface area contributed by atoms with E-state index in [1.165, 1.54) is 44.5 Å². The third kappa shape index (κ3) is 6.81. The molecule has 0 aliphatic rings. The molecule has 0 aliphatic carbocycles. The third-order valence-corrected chi connectivity index (χ3v) is 11.4. The van der Waals surface area contributed by atoms with Gasteiger partial charge in [-0.3, -0.25) is 0 Å². The van der Waals surface area contributed by atoms with E-state index in [-0.39, 0.29) is 21.7 Å². The highest BCUT2D eigenvalue weighted by atomic mass is 16.5. The Balaban J connectivity index is 1.43. The van der Waals surface area contributed by atoms with Crippen molar-refractivity contribution in [3.63, 3.8) is 0 Å². The average molecular weight is 717 g/mol. The van der Waals surface area contributed by atoms with E-state index in [4.69, 9.17) is 0 Å². The molecular formula is C50H56N2O2. The normalized spacial score (nSPS) is 13.1. The lowest BCUT2D eigenvalue weighted by molar-refractivity contribution is -0.548. The van der Waals surface area contributed by atoms with Crippen molar-refractivity contribution >= 4 is 43.6 Å². The summed E-state index contributed by atoms with van der Waals surface area (Å²) in [4.78, 5) is 0. The van der Waals surface area contributed by atoms with Crippen LogP contribution in [0.15, 0.2) is 97.1 Å². The zero-order valence-electron chi connectivity index (χ0n) is 34.4. The van der Waals surface area contributed by atoms with Gasteiger partial charge in [-0.25, -0.2) is 0 Å². The molecule has 7 rings (SSSR count). The molecule has 4 heteroatoms. The van der Waals surface area contributed by atoms with Crippen LogP contribution in [0.1, 0.15) is 128 Å². The Labute approximate surface area is 321 Å². The molecule has 0 aliphatic heterocycles. The minimum absolute atomic E-state index is 0.0650. The number of hydrogen-bond acceptors (Lipinski definition) is 2. The number of nitrogens with zero attached hydrogens (tertiary/aromatic N) is 2. The van der Waals surface area contributed by atoms with Crippen molar-refractivity contribution in [1.29, 1.82) is 0 Å². The quantitative estimate of drug-likeness (QED) is 0.103. The van der Waals surface area contributed by atoms with Crippen LogP contribution in [0.4, 0.5) is 0 Å². The van der Waals surface area contributed by atoms with E-state index < -0.39 is 0 Å². The van der Waals surface area contributed by atoms with Gasteiger partial charge in [-0.1, -0.05) is 132 Å². The van der Waals surface area contributed by atoms with Gasteiger partial charge in [0, 0.05) is 24.3 Å². The van der Waals surface area contributed by atoms with Crippen LogP contribution in [-0.4, -0.2) is 0 Å². The summed E-state index contributed by atoms with van der Waals surface area (Å²) in [5.74, 6) is 0. The summed E-state index contributed by atoms with van der Waals surface area (Å²) in [6, 6.07) is 34.3. The van der Waals surface area contributed by atoms with Crippen molar-refractivity contribution in [2.24, 2.45) is 0 Å². The largest absolute Gasteiger partial charge is 0.618 e. The first-order valence-corrected chi connectivity index (χ1v) is 19.4. The number of aromatic nitrogens is 2. The maximum absolute atomic E-state index is 14.0. The van der Waals surface area contributed by atoms with Crippen LogP contribution < -0.4 is 9.46 Å². The zero-order valence-corrected chi connectivity index (χ0v) is 34.4. The van der Waals surface area contributed by atoms with Crippen LogP contribution in [0.3, 0.4) is 0 Å². The van der Waals surface area contributed by atoms with E-state index in [0.29, 0.717) is 34.9 Å². The molecular weight excluding hydrogens is 661 g/mol. The Morgan fingerprint density at radius 1 is 0.370 bits per heavy atom. The van der Waals surface area contributed by atoms with Crippen molar-refractivity contribution in [1.82, 2.24) is 0 Å². The number of pyridine rings is 2. The van der Waals surface area contributed by atoms with Crippen molar-refractivity contribution in [3.05, 3.63) is 152 Å². The monoisotopic (exact) mass is 716 g/mol. The lowest BCUT2D eigenvalue weighted by Gasteiger charge is -2.23. The highest BCUT2D eigenvalue weighted by molar-refractivity contribution is 5.96. The molecule has 0 amide bonds. The zero-order chi connectivity index (χ0) is 39.1. The molecule has 5 aromatic carbocycles. The summed E-state index contributed by atoms with van der Waals surface area (Å²) in [5, 5.41) is 32.0. The summed E-state index contributed by atoms with van der Waals surface area (Å²) in [7, 11) is 0. The topological polar surface area (TPSA) is 53.9 Å². The van der Waals surface area contributed by atoms with E-state index in [0.717, 1.165) is 31.0 Å². The van der Waals surface area contributed by atoms with Gasteiger partial charge in [0.2, 0.25) is 22.1 Å². The van der Waals surface area contributed by atoms with Crippen LogP contribution in [0.5, 0.6) is 0 Å². The molecule has 0 radical (unpaired) electrons. The SMILES string of the molecule is CC(C)(C)c1ccc2c(c1)c(Cc1cccc(Cc3c4cc(C(C)(C)C)ccc4[n+]([O-])c4ccc(C(C)(C)C)cc34)c1)c1cc(C(C)(C)C)ccc1[n+]2[O-]. The van der Waals surface area contributed by atoms with Crippen molar-refractivity contribution in [2.75, 3.05) is 0 Å². The Bertz CT molecular complexity index is 2280. The van der Waals surface area contributed by atoms with E-state index in [2.05, 4.69) is 156 Å². The van der Waals surface area contributed by atoms with Gasteiger partial charge in [-0.2, -0.15) is 9.46 Å². The van der Waals surface area contributed by atoms with Gasteiger partial charge in [0.05, 0.1) is 21.5 Å². The lowest BCUT2D eigenvalue weighted by atomic mass is 9.83. The molecule has 0 atom stereocenters. The van der Waals surface area contributed by atoms with Crippen molar-refractivity contribution < 1.29 is 9.46 Å². The predicted molar refractivity (Wildman–Crippen MR) is 228 cm³/mol. The fraction of sp³-hybridized carbons (Fsp3) is 0.360. The Hall–Kier alpha value is -4.96. The molecule has 0 spiro atoms. The molecule has 0 N–H and O–H groups in total. The lowest BCUT2D eigenvalue weighted by Crippen LogP contribution is -2.29. The second-order valence-electron chi connectivity index (χ2n) is 19.6. The number of rotatable bonds is 4. The predicted octanol–water partition coefficient (Wildman–Crippen LogP) is 11.9. The van der Waals surface area contributed by atoms with E-state index in [9.17, 15) is 10.4 Å². The van der Waals surface area contributed by atoms with Crippen molar-refractivity contribution in [3.8, 4) is 0 Å². The summed E-state index contributed by atoms with van der Waals surface area (Å²) in [5.41, 5.74) is 12.1. The average Bonchev–Trinajstić information content (AvgIpc) is 3.09. The first kappa shape index (κ1) is 37.4. The van der Waals surface area contributed by atoms with Gasteiger partial charge in [0.1, 0.15) is 0 Å². The van der Waals surface area contributed by atoms with Gasteiger partial charge in [0.15, 0.2) is 0 Å². The Morgan fingerprint density at radius 2 is 0.630 bits per heavy atom. The molecule has 0 fully saturated rings. The summed E-state index contributed by atoms with van der Waals surface area (Å²) < 4.78 is 2.24. The number of fused-ring (bicyclic) bond motifs is 4. The first-order valence-electron chi connectivity index (χ1n) is 19.4. The van der Waals surface area contributed by atoms with Gasteiger partial charge in [-0.05, 0) is 103 Å². The van der Waals surface area contributed by atoms with Crippen molar-refractivity contribution in [2.45, 2.75) is 118 Å². The summed E-state index contributed by atoms with van der Waals surface area (Å²) in [6.07, 6.45) is 1.37. The molecule has 7 aromatic rings. The molecule has 0 saturated heterocycles. The van der Waals surface area contributed by atoms with Gasteiger partial charge < -0.3 is 10.4 Å². The van der Waals surface area contributed by atoms with Gasteiger partial charge in [0.25, 0.3) is 0 Å². The molecule has 4 nitrogen and oxygen atoms in total. The van der Waals surface area contributed by atoms with Gasteiger partial charge in [-0.15, -0.1) is 0 Å². The van der Waals surface area contributed by atoms with Crippen LogP contribution in [0.25, 0.3) is 43.6 Å². The summed E-state index contributed by atoms with van der Waals surface area (Å²) in [6.45, 7) is 26.7. The molecule has 54 heavy (non-hydrogen) atoms. The van der Waals surface area contributed by atoms with E-state index in [1.807, 2.05) is 24.3 Å². The number of benzene rings is 5. The third-order valence-electron chi connectivity index (χ3n) is 11.4. The van der Waals surface area contributed by atoms with E-state index >= 15 is 0 Å². The highest BCUT2D eigenvalue weighted by Gasteiger charge is 2.26. The summed E-state index contributed by atoms with van der Waals surface area (Å²) >= 11 is 0. The van der Waals surface area contributed by atoms with Crippen LogP contribution >= 0.6 is 0 Å². The molecule has 0 bridgehead atoms. The first-order chi connectivity index (χ1) is 25.1. The fourth-order valence-corrected chi connectivity index (χ4v) is 7.87. The molecule has 278 valence electrons. The fourth-order valence-electron chi connectivity index (χ4n) is 7.87. The van der Waals surface area contributed by atoms with Crippen LogP contribution in [0.2, 0.25) is 0 Å². The second kappa shape index (κ2) is 12.8. The molecule has 2 heterocycles. The molecule has 2 aromatic heterocycles.